The smallest absolute Gasteiger partial charge is 0.389 e. The Morgan fingerprint density at radius 1 is 1.17 bits per heavy atom. The third-order valence-corrected chi connectivity index (χ3v) is 5.92. The van der Waals surface area contributed by atoms with Crippen LogP contribution in [0.3, 0.4) is 0 Å². The van der Waals surface area contributed by atoms with E-state index in [4.69, 9.17) is 9.97 Å². The highest BCUT2D eigenvalue weighted by molar-refractivity contribution is 5.83. The number of halogens is 3. The summed E-state index contributed by atoms with van der Waals surface area (Å²) in [7, 11) is 0. The van der Waals surface area contributed by atoms with Gasteiger partial charge in [0, 0.05) is 42.9 Å². The highest BCUT2D eigenvalue weighted by atomic mass is 19.4. The van der Waals surface area contributed by atoms with Gasteiger partial charge in [0.05, 0.1) is 11.8 Å². The lowest BCUT2D eigenvalue weighted by Gasteiger charge is -2.29. The minimum atomic E-state index is -4.35. The molecule has 0 spiro atoms. The first-order valence-corrected chi connectivity index (χ1v) is 12.2. The van der Waals surface area contributed by atoms with Gasteiger partial charge in [0.1, 0.15) is 23.9 Å². The van der Waals surface area contributed by atoms with E-state index in [0.29, 0.717) is 38.2 Å². The van der Waals surface area contributed by atoms with Gasteiger partial charge in [0.2, 0.25) is 0 Å². The molecule has 0 aliphatic carbocycles. The Hall–Kier alpha value is -3.20. The molecule has 1 atom stereocenters. The lowest BCUT2D eigenvalue weighted by molar-refractivity contribution is -0.122. The Morgan fingerprint density at radius 2 is 1.89 bits per heavy atom. The third-order valence-electron chi connectivity index (χ3n) is 5.92. The van der Waals surface area contributed by atoms with Crippen LogP contribution in [0, 0.1) is 0 Å². The van der Waals surface area contributed by atoms with Gasteiger partial charge in [-0.15, -0.1) is 0 Å². The first-order chi connectivity index (χ1) is 17.1. The molecule has 36 heavy (non-hydrogen) atoms. The van der Waals surface area contributed by atoms with Crippen LogP contribution in [0.15, 0.2) is 54.2 Å². The number of hydrogen-bond donors (Lipinski definition) is 2. The SMILES string of the molecule is C=C/C=C\N=C(CC(F)(F)F)N1CCCc2c(nc(C(C)C)nc2Nc2ccc(C(C)O)cc2)CC1. The number of nitrogens with one attached hydrogen (secondary N) is 1. The van der Waals surface area contributed by atoms with E-state index in [1.54, 1.807) is 11.8 Å². The van der Waals surface area contributed by atoms with E-state index >= 15 is 0 Å². The van der Waals surface area contributed by atoms with Crippen LogP contribution in [0.1, 0.15) is 68.3 Å². The Balaban J connectivity index is 1.90. The van der Waals surface area contributed by atoms with Crippen molar-refractivity contribution in [2.75, 3.05) is 18.4 Å². The molecule has 1 aromatic carbocycles. The van der Waals surface area contributed by atoms with Crippen LogP contribution in [-0.2, 0) is 12.8 Å². The van der Waals surface area contributed by atoms with Gasteiger partial charge in [0.25, 0.3) is 0 Å². The van der Waals surface area contributed by atoms with Crippen LogP contribution in [0.2, 0.25) is 0 Å². The Bertz CT molecular complexity index is 1090. The molecule has 0 fully saturated rings. The number of aromatic nitrogens is 2. The maximum atomic E-state index is 13.3. The molecule has 0 saturated heterocycles. The zero-order valence-corrected chi connectivity index (χ0v) is 21.0. The number of nitrogens with zero attached hydrogens (tertiary/aromatic N) is 4. The molecule has 0 amide bonds. The molecular weight excluding hydrogens is 467 g/mol. The van der Waals surface area contributed by atoms with Gasteiger partial charge in [-0.25, -0.2) is 15.0 Å². The van der Waals surface area contributed by atoms with Crippen LogP contribution < -0.4 is 5.32 Å². The average molecular weight is 502 g/mol. The Morgan fingerprint density at radius 3 is 2.50 bits per heavy atom. The molecule has 1 aromatic heterocycles. The second kappa shape index (κ2) is 12.2. The van der Waals surface area contributed by atoms with Gasteiger partial charge < -0.3 is 15.3 Å². The van der Waals surface area contributed by atoms with E-state index in [9.17, 15) is 18.3 Å². The summed E-state index contributed by atoms with van der Waals surface area (Å²) in [4.78, 5) is 15.4. The molecule has 2 N–H and O–H groups in total. The topological polar surface area (TPSA) is 73.6 Å². The van der Waals surface area contributed by atoms with Crippen LogP contribution >= 0.6 is 0 Å². The van der Waals surface area contributed by atoms with Crippen molar-refractivity contribution in [2.24, 2.45) is 4.99 Å². The van der Waals surface area contributed by atoms with E-state index in [1.807, 2.05) is 38.1 Å². The summed E-state index contributed by atoms with van der Waals surface area (Å²) in [6, 6.07) is 7.52. The number of alkyl halides is 3. The van der Waals surface area contributed by atoms with Crippen molar-refractivity contribution in [3.8, 4) is 0 Å². The number of rotatable bonds is 7. The lowest BCUT2D eigenvalue weighted by Crippen LogP contribution is -2.38. The number of anilines is 2. The van der Waals surface area contributed by atoms with Gasteiger partial charge in [-0.05, 0) is 43.5 Å². The number of aliphatic imine (C=N–C) groups is 1. The van der Waals surface area contributed by atoms with Gasteiger partial charge in [-0.2, -0.15) is 13.2 Å². The molecule has 2 heterocycles. The number of allylic oxidation sites excluding steroid dienone is 2. The van der Waals surface area contributed by atoms with Crippen molar-refractivity contribution in [2.45, 2.75) is 64.7 Å². The summed E-state index contributed by atoms with van der Waals surface area (Å²) in [5.41, 5.74) is 3.49. The molecule has 0 bridgehead atoms. The number of amidine groups is 1. The van der Waals surface area contributed by atoms with E-state index in [1.165, 1.54) is 18.4 Å². The van der Waals surface area contributed by atoms with Crippen molar-refractivity contribution < 1.29 is 18.3 Å². The highest BCUT2D eigenvalue weighted by Crippen LogP contribution is 2.29. The van der Waals surface area contributed by atoms with E-state index in [-0.39, 0.29) is 11.8 Å². The number of benzene rings is 1. The summed E-state index contributed by atoms with van der Waals surface area (Å²) in [5, 5.41) is 13.2. The minimum absolute atomic E-state index is 0.00117. The summed E-state index contributed by atoms with van der Waals surface area (Å²) in [6.45, 7) is 10.1. The van der Waals surface area contributed by atoms with Gasteiger partial charge in [-0.3, -0.25) is 0 Å². The van der Waals surface area contributed by atoms with Gasteiger partial charge in [-0.1, -0.05) is 38.6 Å². The summed E-state index contributed by atoms with van der Waals surface area (Å²) < 4.78 is 39.8. The summed E-state index contributed by atoms with van der Waals surface area (Å²) in [6.07, 6.45) is 0.103. The monoisotopic (exact) mass is 501 g/mol. The van der Waals surface area contributed by atoms with Crippen LogP contribution in [-0.4, -0.2) is 45.1 Å². The van der Waals surface area contributed by atoms with Crippen molar-refractivity contribution in [3.05, 3.63) is 71.8 Å². The second-order valence-electron chi connectivity index (χ2n) is 9.19. The molecule has 1 aliphatic heterocycles. The predicted molar refractivity (Wildman–Crippen MR) is 138 cm³/mol. The molecule has 2 aromatic rings. The van der Waals surface area contributed by atoms with Crippen molar-refractivity contribution >= 4 is 17.3 Å². The van der Waals surface area contributed by atoms with Gasteiger partial charge in [0.15, 0.2) is 0 Å². The standard InChI is InChI=1S/C27H34F3N5O/c1-5-6-14-31-24(17-27(28,29)30)35-15-7-8-22-23(13-16-35)33-25(18(2)3)34-26(22)32-21-11-9-20(10-12-21)19(4)36/h5-6,9-12,14,18-19,36H,1,7-8,13,15-17H2,2-4H3,(H,32,33,34)/b14-6-,31-24?. The quantitative estimate of drug-likeness (QED) is 0.267. The number of fused-ring (bicyclic) bond motifs is 1. The minimum Gasteiger partial charge on any atom is -0.389 e. The van der Waals surface area contributed by atoms with E-state index < -0.39 is 18.7 Å². The average Bonchev–Trinajstić information content (AvgIpc) is 2.79. The van der Waals surface area contributed by atoms with Crippen molar-refractivity contribution in [1.29, 1.82) is 0 Å². The third kappa shape index (κ3) is 7.65. The van der Waals surface area contributed by atoms with E-state index in [2.05, 4.69) is 16.9 Å². The number of hydrogen-bond acceptors (Lipinski definition) is 5. The normalized spacial score (nSPS) is 16.0. The molecule has 194 valence electrons. The number of aliphatic hydroxyl groups excluding tert-OH is 1. The fraction of sp³-hybridized carbons (Fsp3) is 0.444. The van der Waals surface area contributed by atoms with Crippen molar-refractivity contribution in [1.82, 2.24) is 14.9 Å². The maximum Gasteiger partial charge on any atom is 0.396 e. The molecule has 3 rings (SSSR count). The summed E-state index contributed by atoms with van der Waals surface area (Å²) >= 11 is 0. The Kier molecular flexibility index (Phi) is 9.25. The molecule has 6 nitrogen and oxygen atoms in total. The fourth-order valence-corrected chi connectivity index (χ4v) is 4.03. The van der Waals surface area contributed by atoms with Crippen LogP contribution in [0.4, 0.5) is 24.7 Å². The predicted octanol–water partition coefficient (Wildman–Crippen LogP) is 6.24. The van der Waals surface area contributed by atoms with Crippen molar-refractivity contribution in [3.63, 3.8) is 0 Å². The maximum absolute atomic E-state index is 13.3. The molecule has 1 aliphatic rings. The zero-order chi connectivity index (χ0) is 26.3. The molecule has 1 unspecified atom stereocenters. The molecule has 9 heteroatoms. The van der Waals surface area contributed by atoms with Crippen LogP contribution in [0.5, 0.6) is 0 Å². The fourth-order valence-electron chi connectivity index (χ4n) is 4.03. The first kappa shape index (κ1) is 27.4. The molecular formula is C27H34F3N5O. The Labute approximate surface area is 210 Å². The highest BCUT2D eigenvalue weighted by Gasteiger charge is 2.32. The largest absolute Gasteiger partial charge is 0.396 e. The molecule has 0 saturated carbocycles. The number of aliphatic hydroxyl groups is 1. The lowest BCUT2D eigenvalue weighted by atomic mass is 10.0. The van der Waals surface area contributed by atoms with Crippen LogP contribution in [0.25, 0.3) is 0 Å². The summed E-state index contributed by atoms with van der Waals surface area (Å²) in [5.74, 6) is 1.49. The molecule has 0 radical (unpaired) electrons. The first-order valence-electron chi connectivity index (χ1n) is 12.2. The zero-order valence-electron chi connectivity index (χ0n) is 21.0. The van der Waals surface area contributed by atoms with E-state index in [0.717, 1.165) is 28.3 Å². The van der Waals surface area contributed by atoms with Gasteiger partial charge >= 0.3 is 6.18 Å². The second-order valence-corrected chi connectivity index (χ2v) is 9.19.